The van der Waals surface area contributed by atoms with Gasteiger partial charge in [-0.3, -0.25) is 4.79 Å². The Kier molecular flexibility index (Phi) is 3.46. The average molecular weight is 397 g/mol. The van der Waals surface area contributed by atoms with E-state index in [0.717, 1.165) is 35.5 Å². The van der Waals surface area contributed by atoms with E-state index in [9.17, 15) is 4.79 Å². The molecule has 1 aliphatic heterocycles. The lowest BCUT2D eigenvalue weighted by Crippen LogP contribution is -2.66. The van der Waals surface area contributed by atoms with E-state index in [2.05, 4.69) is 22.2 Å². The van der Waals surface area contributed by atoms with Crippen LogP contribution in [0.2, 0.25) is 0 Å². The Bertz CT molecular complexity index is 633. The number of esters is 1. The first kappa shape index (κ1) is 17.5. The minimum Gasteiger partial charge on any atom is -0.423 e. The zero-order valence-corrected chi connectivity index (χ0v) is 17.9. The van der Waals surface area contributed by atoms with Crippen LogP contribution in [-0.2, 0) is 9.53 Å². The molecule has 158 valence electrons. The Labute approximate surface area is 175 Å². The van der Waals surface area contributed by atoms with Crippen molar-refractivity contribution in [2.24, 2.45) is 35.5 Å². The van der Waals surface area contributed by atoms with Crippen molar-refractivity contribution in [3.05, 3.63) is 12.4 Å². The van der Waals surface area contributed by atoms with Gasteiger partial charge < -0.3 is 14.5 Å². The van der Waals surface area contributed by atoms with Crippen molar-refractivity contribution in [2.45, 2.75) is 101 Å². The van der Waals surface area contributed by atoms with Gasteiger partial charge in [0.1, 0.15) is 0 Å². The molecule has 0 aromatic carbocycles. The van der Waals surface area contributed by atoms with Gasteiger partial charge in [-0.25, -0.2) is 0 Å². The molecule has 4 nitrogen and oxygen atoms in total. The lowest BCUT2D eigenvalue weighted by molar-refractivity contribution is -0.214. The molecule has 8 bridgehead atoms. The lowest BCUT2D eigenvalue weighted by atomic mass is 9.52. The van der Waals surface area contributed by atoms with E-state index in [-0.39, 0.29) is 23.4 Å². The molecule has 8 saturated carbocycles. The molecule has 0 spiro atoms. The first-order valence-corrected chi connectivity index (χ1v) is 12.4. The second kappa shape index (κ2) is 5.73. The maximum atomic E-state index is 12.2. The number of rotatable bonds is 3. The van der Waals surface area contributed by atoms with Gasteiger partial charge in [-0.05, 0) is 113 Å². The molecular weight excluding hydrogens is 360 g/mol. The normalized spacial score (nSPS) is 53.9. The number of nitrogens with zero attached hydrogens (tertiary/aromatic N) is 2. The molecule has 9 rings (SSSR count). The Hall–Kier alpha value is -1.19. The van der Waals surface area contributed by atoms with Gasteiger partial charge in [-0.15, -0.1) is 0 Å². The van der Waals surface area contributed by atoms with Crippen molar-refractivity contribution in [1.82, 2.24) is 9.80 Å². The number of hydrogen-bond donors (Lipinski definition) is 0. The highest BCUT2D eigenvalue weighted by Gasteiger charge is 2.60. The molecule has 0 saturated heterocycles. The first-order chi connectivity index (χ1) is 14.0. The van der Waals surface area contributed by atoms with Gasteiger partial charge in [-0.2, -0.15) is 0 Å². The van der Waals surface area contributed by atoms with Crippen LogP contribution in [0.3, 0.4) is 0 Å². The van der Waals surface area contributed by atoms with E-state index in [1.54, 1.807) is 6.92 Å². The predicted molar refractivity (Wildman–Crippen MR) is 110 cm³/mol. The molecule has 4 heteroatoms. The summed E-state index contributed by atoms with van der Waals surface area (Å²) in [6.07, 6.45) is 21.1. The van der Waals surface area contributed by atoms with Crippen LogP contribution in [0, 0.1) is 35.5 Å². The van der Waals surface area contributed by atoms with Crippen molar-refractivity contribution in [3.8, 4) is 0 Å². The summed E-state index contributed by atoms with van der Waals surface area (Å²) in [4.78, 5) is 17.3. The summed E-state index contributed by atoms with van der Waals surface area (Å²) in [5.41, 5.74) is 0.477. The van der Waals surface area contributed by atoms with Crippen LogP contribution >= 0.6 is 0 Å². The number of hydrogen-bond acceptors (Lipinski definition) is 4. The van der Waals surface area contributed by atoms with Gasteiger partial charge in [0, 0.05) is 30.4 Å². The summed E-state index contributed by atoms with van der Waals surface area (Å²) < 4.78 is 6.17. The molecule has 8 aliphatic carbocycles. The largest absolute Gasteiger partial charge is 0.423 e. The smallest absolute Gasteiger partial charge is 0.305 e. The molecular formula is C25H36N2O2. The molecule has 9 aliphatic rings. The number of carbonyl (C=O) groups is 1. The van der Waals surface area contributed by atoms with Crippen molar-refractivity contribution in [2.75, 3.05) is 0 Å². The summed E-state index contributed by atoms with van der Waals surface area (Å²) in [5, 5.41) is 0. The molecule has 0 atom stereocenters. The van der Waals surface area contributed by atoms with Crippen molar-refractivity contribution in [1.29, 1.82) is 0 Å². The highest BCUT2D eigenvalue weighted by Crippen LogP contribution is 2.62. The van der Waals surface area contributed by atoms with E-state index in [4.69, 9.17) is 4.74 Å². The highest BCUT2D eigenvalue weighted by atomic mass is 16.6. The maximum Gasteiger partial charge on any atom is 0.305 e. The monoisotopic (exact) mass is 396 g/mol. The summed E-state index contributed by atoms with van der Waals surface area (Å²) in [6.45, 7) is 1.61. The fraction of sp³-hybridized carbons (Fsp3) is 0.880. The van der Waals surface area contributed by atoms with Crippen LogP contribution in [0.4, 0.5) is 0 Å². The average Bonchev–Trinajstić information content (AvgIpc) is 3.04. The zero-order valence-electron chi connectivity index (χ0n) is 17.9. The molecule has 0 radical (unpaired) electrons. The fourth-order valence-electron chi connectivity index (χ4n) is 10.2. The van der Waals surface area contributed by atoms with E-state index in [1.807, 2.05) is 0 Å². The number of ether oxygens (including phenoxy) is 1. The summed E-state index contributed by atoms with van der Waals surface area (Å²) in [6, 6.07) is 0. The van der Waals surface area contributed by atoms with E-state index >= 15 is 0 Å². The third-order valence-corrected chi connectivity index (χ3v) is 10.2. The molecule has 0 aromatic heterocycles. The van der Waals surface area contributed by atoms with Crippen LogP contribution in [0.5, 0.6) is 0 Å². The van der Waals surface area contributed by atoms with Crippen molar-refractivity contribution < 1.29 is 9.53 Å². The highest BCUT2D eigenvalue weighted by molar-refractivity contribution is 5.66. The van der Waals surface area contributed by atoms with E-state index < -0.39 is 0 Å². The Balaban J connectivity index is 1.23. The minimum absolute atomic E-state index is 0.122. The second-order valence-electron chi connectivity index (χ2n) is 12.3. The predicted octanol–water partition coefficient (Wildman–Crippen LogP) is 4.86. The minimum atomic E-state index is -0.194. The molecule has 0 amide bonds. The van der Waals surface area contributed by atoms with E-state index in [1.165, 1.54) is 77.0 Å². The van der Waals surface area contributed by atoms with Crippen LogP contribution in [0.15, 0.2) is 12.4 Å². The summed E-state index contributed by atoms with van der Waals surface area (Å²) >= 11 is 0. The summed E-state index contributed by atoms with van der Waals surface area (Å²) in [7, 11) is 0. The molecule has 29 heavy (non-hydrogen) atoms. The Morgan fingerprint density at radius 3 is 1.28 bits per heavy atom. The quantitative estimate of drug-likeness (QED) is 0.638. The Morgan fingerprint density at radius 1 is 0.690 bits per heavy atom. The van der Waals surface area contributed by atoms with Crippen LogP contribution in [0.25, 0.3) is 0 Å². The van der Waals surface area contributed by atoms with Gasteiger partial charge in [0.2, 0.25) is 0 Å². The van der Waals surface area contributed by atoms with Gasteiger partial charge in [0.15, 0.2) is 0 Å². The maximum absolute atomic E-state index is 12.2. The summed E-state index contributed by atoms with van der Waals surface area (Å²) in [5.74, 6) is 5.30. The van der Waals surface area contributed by atoms with Gasteiger partial charge in [-0.1, -0.05) is 0 Å². The Morgan fingerprint density at radius 2 is 1.00 bits per heavy atom. The molecule has 0 N–H and O–H groups in total. The third kappa shape index (κ3) is 2.47. The van der Waals surface area contributed by atoms with Gasteiger partial charge >= 0.3 is 5.97 Å². The van der Waals surface area contributed by atoms with Crippen LogP contribution in [0.1, 0.15) is 84.0 Å². The second-order valence-corrected chi connectivity index (χ2v) is 12.3. The molecule has 0 unspecified atom stereocenters. The molecule has 1 heterocycles. The molecule has 0 aromatic rings. The molecule has 8 fully saturated rings. The fourth-order valence-corrected chi connectivity index (χ4v) is 10.2. The lowest BCUT2D eigenvalue weighted by Gasteiger charge is -2.63. The van der Waals surface area contributed by atoms with Gasteiger partial charge in [0.25, 0.3) is 6.35 Å². The first-order valence-electron chi connectivity index (χ1n) is 12.4. The third-order valence-electron chi connectivity index (χ3n) is 10.2. The zero-order chi connectivity index (χ0) is 19.4. The van der Waals surface area contributed by atoms with Crippen molar-refractivity contribution in [3.63, 3.8) is 0 Å². The topological polar surface area (TPSA) is 32.8 Å². The SMILES string of the molecule is CC(=O)OC1N(C23CC4CC(CC(C4)C2)C3)C=CN1C12CC3CC(CC(C3)C1)C2. The standard InChI is InChI=1S/C25H36N2O2/c1-16(28)29-23-26(24-10-17-4-18(11-24)6-19(5-17)12-24)2-3-27(23)25-13-20-7-21(14-25)9-22(8-20)15-25/h2-3,17-23H,4-15H2,1H3. The van der Waals surface area contributed by atoms with Crippen LogP contribution in [-0.4, -0.2) is 33.2 Å². The number of carbonyl (C=O) groups excluding carboxylic acids is 1. The van der Waals surface area contributed by atoms with Gasteiger partial charge in [0.05, 0.1) is 0 Å². The van der Waals surface area contributed by atoms with Crippen LogP contribution < -0.4 is 0 Å². The van der Waals surface area contributed by atoms with E-state index in [0.29, 0.717) is 0 Å². The van der Waals surface area contributed by atoms with Crippen molar-refractivity contribution >= 4 is 5.97 Å².